The first-order valence-electron chi connectivity index (χ1n) is 6.58. The number of piperidine rings is 1. The highest BCUT2D eigenvalue weighted by Gasteiger charge is 2.22. The number of thiazole rings is 1. The second kappa shape index (κ2) is 7.82. The zero-order valence-electron chi connectivity index (χ0n) is 11.4. The van der Waals surface area contributed by atoms with Gasteiger partial charge < -0.3 is 10.6 Å². The highest BCUT2D eigenvalue weighted by atomic mass is 35.5. The minimum atomic E-state index is 0. The van der Waals surface area contributed by atoms with E-state index in [9.17, 15) is 4.79 Å². The van der Waals surface area contributed by atoms with Crippen molar-refractivity contribution in [3.05, 3.63) is 11.1 Å². The predicted octanol–water partition coefficient (Wildman–Crippen LogP) is 2.84. The number of hydrogen-bond acceptors (Lipinski definition) is 4. The number of anilines is 1. The van der Waals surface area contributed by atoms with E-state index >= 15 is 0 Å². The Balaban J connectivity index is 0.00000180. The molecule has 1 aliphatic rings. The SMILES string of the molecule is Cc1cnc(NC(=O)CC(C)C2CCCNC2)s1.Cl. The van der Waals surface area contributed by atoms with E-state index in [-0.39, 0.29) is 18.3 Å². The summed E-state index contributed by atoms with van der Waals surface area (Å²) in [6, 6.07) is 0. The lowest BCUT2D eigenvalue weighted by atomic mass is 9.85. The van der Waals surface area contributed by atoms with Crippen LogP contribution in [0.1, 0.15) is 31.1 Å². The summed E-state index contributed by atoms with van der Waals surface area (Å²) in [5, 5.41) is 7.00. The average Bonchev–Trinajstić information content (AvgIpc) is 2.75. The van der Waals surface area contributed by atoms with Crippen LogP contribution in [0.15, 0.2) is 6.20 Å². The minimum absolute atomic E-state index is 0. The van der Waals surface area contributed by atoms with Crippen LogP contribution in [0, 0.1) is 18.8 Å². The molecule has 1 amide bonds. The Morgan fingerprint density at radius 3 is 3.05 bits per heavy atom. The Hall–Kier alpha value is -0.650. The van der Waals surface area contributed by atoms with E-state index in [1.54, 1.807) is 6.20 Å². The van der Waals surface area contributed by atoms with Crippen molar-refractivity contribution in [1.29, 1.82) is 0 Å². The molecule has 19 heavy (non-hydrogen) atoms. The first-order valence-corrected chi connectivity index (χ1v) is 7.40. The molecule has 1 aromatic rings. The topological polar surface area (TPSA) is 54.0 Å². The summed E-state index contributed by atoms with van der Waals surface area (Å²) in [7, 11) is 0. The van der Waals surface area contributed by atoms with Gasteiger partial charge in [-0.2, -0.15) is 0 Å². The molecular formula is C13H22ClN3OS. The van der Waals surface area contributed by atoms with Crippen molar-refractivity contribution in [2.75, 3.05) is 18.4 Å². The van der Waals surface area contributed by atoms with E-state index in [2.05, 4.69) is 22.5 Å². The number of carbonyl (C=O) groups is 1. The van der Waals surface area contributed by atoms with Crippen LogP contribution in [0.4, 0.5) is 5.13 Å². The fourth-order valence-corrected chi connectivity index (χ4v) is 3.09. The highest BCUT2D eigenvalue weighted by Crippen LogP contribution is 2.23. The normalized spacial score (nSPS) is 20.4. The Morgan fingerprint density at radius 2 is 2.47 bits per heavy atom. The zero-order valence-corrected chi connectivity index (χ0v) is 13.1. The molecular weight excluding hydrogens is 282 g/mol. The maximum Gasteiger partial charge on any atom is 0.226 e. The van der Waals surface area contributed by atoms with Crippen molar-refractivity contribution < 1.29 is 4.79 Å². The number of hydrogen-bond donors (Lipinski definition) is 2. The van der Waals surface area contributed by atoms with Gasteiger partial charge in [0.2, 0.25) is 5.91 Å². The summed E-state index contributed by atoms with van der Waals surface area (Å²) >= 11 is 1.52. The lowest BCUT2D eigenvalue weighted by molar-refractivity contribution is -0.117. The molecule has 0 spiro atoms. The molecule has 2 atom stereocenters. The van der Waals surface area contributed by atoms with Gasteiger partial charge in [0.05, 0.1) is 0 Å². The number of carbonyl (C=O) groups excluding carboxylic acids is 1. The summed E-state index contributed by atoms with van der Waals surface area (Å²) in [4.78, 5) is 17.2. The van der Waals surface area contributed by atoms with Gasteiger partial charge in [-0.3, -0.25) is 4.79 Å². The maximum absolute atomic E-state index is 11.9. The van der Waals surface area contributed by atoms with Gasteiger partial charge in [0.1, 0.15) is 0 Å². The van der Waals surface area contributed by atoms with Crippen molar-refractivity contribution in [2.24, 2.45) is 11.8 Å². The van der Waals surface area contributed by atoms with Crippen molar-refractivity contribution >= 4 is 34.8 Å². The van der Waals surface area contributed by atoms with Crippen LogP contribution in [0.2, 0.25) is 0 Å². The fourth-order valence-electron chi connectivity index (χ4n) is 2.41. The number of amides is 1. The maximum atomic E-state index is 11.9. The van der Waals surface area contributed by atoms with E-state index in [1.165, 1.54) is 24.2 Å². The summed E-state index contributed by atoms with van der Waals surface area (Å²) in [5.74, 6) is 1.14. The number of aromatic nitrogens is 1. The van der Waals surface area contributed by atoms with Crippen molar-refractivity contribution in [3.63, 3.8) is 0 Å². The third kappa shape index (κ3) is 5.09. The first-order chi connectivity index (χ1) is 8.65. The Bertz CT molecular complexity index is 404. The van der Waals surface area contributed by atoms with Crippen LogP contribution < -0.4 is 10.6 Å². The van der Waals surface area contributed by atoms with Gasteiger partial charge in [0.25, 0.3) is 0 Å². The second-order valence-corrected chi connectivity index (χ2v) is 6.35. The lowest BCUT2D eigenvalue weighted by Crippen LogP contribution is -2.34. The molecule has 1 saturated heterocycles. The van der Waals surface area contributed by atoms with E-state index in [0.29, 0.717) is 23.4 Å². The molecule has 2 N–H and O–H groups in total. The average molecular weight is 304 g/mol. The lowest BCUT2D eigenvalue weighted by Gasteiger charge is -2.27. The van der Waals surface area contributed by atoms with Crippen LogP contribution in [0.25, 0.3) is 0 Å². The quantitative estimate of drug-likeness (QED) is 0.899. The van der Waals surface area contributed by atoms with Gasteiger partial charge in [-0.05, 0) is 44.7 Å². The van der Waals surface area contributed by atoms with Crippen molar-refractivity contribution in [2.45, 2.75) is 33.1 Å². The number of halogens is 1. The van der Waals surface area contributed by atoms with Crippen molar-refractivity contribution in [1.82, 2.24) is 10.3 Å². The van der Waals surface area contributed by atoms with E-state index in [4.69, 9.17) is 0 Å². The summed E-state index contributed by atoms with van der Waals surface area (Å²) in [6.45, 7) is 6.33. The van der Waals surface area contributed by atoms with Gasteiger partial charge >= 0.3 is 0 Å². The van der Waals surface area contributed by atoms with E-state index < -0.39 is 0 Å². The first kappa shape index (κ1) is 16.4. The Kier molecular flexibility index (Phi) is 6.75. The van der Waals surface area contributed by atoms with Crippen LogP contribution >= 0.6 is 23.7 Å². The van der Waals surface area contributed by atoms with E-state index in [0.717, 1.165) is 18.0 Å². The zero-order chi connectivity index (χ0) is 13.0. The third-order valence-electron chi connectivity index (χ3n) is 3.51. The van der Waals surface area contributed by atoms with Crippen LogP contribution in [0.3, 0.4) is 0 Å². The molecule has 108 valence electrons. The molecule has 1 aliphatic heterocycles. The molecule has 1 fully saturated rings. The largest absolute Gasteiger partial charge is 0.316 e. The molecule has 2 heterocycles. The van der Waals surface area contributed by atoms with Crippen LogP contribution in [-0.2, 0) is 4.79 Å². The van der Waals surface area contributed by atoms with Gasteiger partial charge in [-0.15, -0.1) is 23.7 Å². The molecule has 2 rings (SSSR count). The summed E-state index contributed by atoms with van der Waals surface area (Å²) in [6.07, 6.45) is 4.83. The highest BCUT2D eigenvalue weighted by molar-refractivity contribution is 7.15. The summed E-state index contributed by atoms with van der Waals surface area (Å²) < 4.78 is 0. The monoisotopic (exact) mass is 303 g/mol. The number of nitrogens with zero attached hydrogens (tertiary/aromatic N) is 1. The second-order valence-electron chi connectivity index (χ2n) is 5.11. The molecule has 0 aromatic carbocycles. The number of rotatable bonds is 4. The predicted molar refractivity (Wildman–Crippen MR) is 82.1 cm³/mol. The Morgan fingerprint density at radius 1 is 1.68 bits per heavy atom. The molecule has 6 heteroatoms. The van der Waals surface area contributed by atoms with Gasteiger partial charge in [-0.1, -0.05) is 6.92 Å². The smallest absolute Gasteiger partial charge is 0.226 e. The summed E-state index contributed by atoms with van der Waals surface area (Å²) in [5.41, 5.74) is 0. The molecule has 1 aromatic heterocycles. The standard InChI is InChI=1S/C13H21N3OS.ClH/c1-9(11-4-3-5-14-8-11)6-12(17)16-13-15-7-10(2)18-13;/h7,9,11,14H,3-6,8H2,1-2H3,(H,15,16,17);1H. The van der Waals surface area contributed by atoms with Gasteiger partial charge in [-0.25, -0.2) is 4.98 Å². The Labute approximate surface area is 124 Å². The molecule has 0 bridgehead atoms. The number of nitrogens with one attached hydrogen (secondary N) is 2. The van der Waals surface area contributed by atoms with Crippen LogP contribution in [-0.4, -0.2) is 24.0 Å². The van der Waals surface area contributed by atoms with Gasteiger partial charge in [0.15, 0.2) is 5.13 Å². The van der Waals surface area contributed by atoms with Crippen molar-refractivity contribution in [3.8, 4) is 0 Å². The van der Waals surface area contributed by atoms with Gasteiger partial charge in [0, 0.05) is 17.5 Å². The fraction of sp³-hybridized carbons (Fsp3) is 0.692. The molecule has 4 nitrogen and oxygen atoms in total. The minimum Gasteiger partial charge on any atom is -0.316 e. The third-order valence-corrected chi connectivity index (χ3v) is 4.34. The van der Waals surface area contributed by atoms with Crippen LogP contribution in [0.5, 0.6) is 0 Å². The molecule has 0 radical (unpaired) electrons. The number of aryl methyl sites for hydroxylation is 1. The molecule has 0 saturated carbocycles. The molecule has 0 aliphatic carbocycles. The molecule has 2 unspecified atom stereocenters. The van der Waals surface area contributed by atoms with E-state index in [1.807, 2.05) is 6.92 Å².